The van der Waals surface area contributed by atoms with E-state index in [2.05, 4.69) is 10.3 Å². The number of aromatic amines is 1. The Kier molecular flexibility index (Phi) is 6.34. The van der Waals surface area contributed by atoms with E-state index in [0.29, 0.717) is 29.6 Å². The van der Waals surface area contributed by atoms with Crippen molar-refractivity contribution in [1.82, 2.24) is 9.29 Å². The van der Waals surface area contributed by atoms with E-state index in [-0.39, 0.29) is 36.1 Å². The van der Waals surface area contributed by atoms with Crippen molar-refractivity contribution in [3.8, 4) is 0 Å². The average Bonchev–Trinajstić information content (AvgIpc) is 3.18. The van der Waals surface area contributed by atoms with Crippen molar-refractivity contribution in [3.05, 3.63) is 58.6 Å². The van der Waals surface area contributed by atoms with Crippen LogP contribution in [-0.2, 0) is 19.6 Å². The number of amides is 1. The first-order valence-electron chi connectivity index (χ1n) is 10.5. The topological polar surface area (TPSA) is 139 Å². The molecule has 33 heavy (non-hydrogen) atoms. The van der Waals surface area contributed by atoms with Crippen molar-refractivity contribution in [2.45, 2.75) is 24.7 Å². The van der Waals surface area contributed by atoms with E-state index in [1.165, 1.54) is 28.6 Å². The first kappa shape index (κ1) is 22.7. The maximum Gasteiger partial charge on any atom is 0.417 e. The summed E-state index contributed by atoms with van der Waals surface area (Å²) in [4.78, 5) is 38.6. The van der Waals surface area contributed by atoms with Gasteiger partial charge in [0.15, 0.2) is 5.58 Å². The van der Waals surface area contributed by atoms with Crippen LogP contribution in [-0.4, -0.2) is 49.3 Å². The maximum absolute atomic E-state index is 13.2. The molecular formula is C22H23N3O7S. The Morgan fingerprint density at radius 3 is 2.85 bits per heavy atom. The van der Waals surface area contributed by atoms with Crippen LogP contribution in [0.1, 0.15) is 30.1 Å². The third-order valence-electron chi connectivity index (χ3n) is 5.43. The zero-order valence-electron chi connectivity index (χ0n) is 17.9. The molecule has 2 heterocycles. The summed E-state index contributed by atoms with van der Waals surface area (Å²) in [6.45, 7) is 2.24. The second-order valence-electron chi connectivity index (χ2n) is 7.67. The summed E-state index contributed by atoms with van der Waals surface area (Å²) in [6, 6.07) is 10.6. The lowest BCUT2D eigenvalue weighted by Crippen LogP contribution is -2.43. The highest BCUT2D eigenvalue weighted by Crippen LogP contribution is 2.26. The van der Waals surface area contributed by atoms with Gasteiger partial charge in [0.1, 0.15) is 0 Å². The highest BCUT2D eigenvalue weighted by Gasteiger charge is 2.33. The molecule has 1 amide bonds. The molecular weight excluding hydrogens is 450 g/mol. The van der Waals surface area contributed by atoms with Gasteiger partial charge in [0, 0.05) is 24.8 Å². The van der Waals surface area contributed by atoms with Gasteiger partial charge in [-0.15, -0.1) is 0 Å². The van der Waals surface area contributed by atoms with Crippen LogP contribution in [0.4, 0.5) is 5.69 Å². The molecule has 0 spiro atoms. The number of rotatable bonds is 6. The molecule has 0 radical (unpaired) electrons. The van der Waals surface area contributed by atoms with Gasteiger partial charge in [-0.25, -0.2) is 18.0 Å². The van der Waals surface area contributed by atoms with Gasteiger partial charge in [0.2, 0.25) is 15.9 Å². The van der Waals surface area contributed by atoms with Crippen molar-refractivity contribution in [1.29, 1.82) is 0 Å². The summed E-state index contributed by atoms with van der Waals surface area (Å²) < 4.78 is 37.5. The molecule has 174 valence electrons. The SMILES string of the molecule is CCOC(=O)c1cccc(NC(=O)C2CCCN(S(=O)(=O)c3ccc4[nH]c(=O)oc4c3)C2)c1. The van der Waals surface area contributed by atoms with E-state index in [1.807, 2.05) is 0 Å². The molecule has 10 nitrogen and oxygen atoms in total. The normalized spacial score (nSPS) is 17.1. The largest absolute Gasteiger partial charge is 0.462 e. The van der Waals surface area contributed by atoms with Crippen LogP contribution in [0, 0.1) is 5.92 Å². The Balaban J connectivity index is 1.48. The molecule has 1 unspecified atom stereocenters. The lowest BCUT2D eigenvalue weighted by molar-refractivity contribution is -0.120. The fourth-order valence-electron chi connectivity index (χ4n) is 3.79. The van der Waals surface area contributed by atoms with Crippen molar-refractivity contribution in [2.24, 2.45) is 5.92 Å². The molecule has 1 saturated heterocycles. The molecule has 2 aromatic carbocycles. The van der Waals surface area contributed by atoms with E-state index < -0.39 is 27.7 Å². The molecule has 1 aromatic heterocycles. The minimum Gasteiger partial charge on any atom is -0.462 e. The Bertz CT molecular complexity index is 1360. The zero-order valence-corrected chi connectivity index (χ0v) is 18.7. The van der Waals surface area contributed by atoms with Crippen LogP contribution < -0.4 is 11.1 Å². The number of ether oxygens (including phenoxy) is 1. The molecule has 0 aliphatic carbocycles. The zero-order chi connectivity index (χ0) is 23.6. The third-order valence-corrected chi connectivity index (χ3v) is 7.29. The smallest absolute Gasteiger partial charge is 0.417 e. The highest BCUT2D eigenvalue weighted by molar-refractivity contribution is 7.89. The van der Waals surface area contributed by atoms with Crippen molar-refractivity contribution in [2.75, 3.05) is 25.0 Å². The molecule has 11 heteroatoms. The number of sulfonamides is 1. The van der Waals surface area contributed by atoms with Gasteiger partial charge in [-0.1, -0.05) is 6.07 Å². The predicted molar refractivity (Wildman–Crippen MR) is 119 cm³/mol. The van der Waals surface area contributed by atoms with Gasteiger partial charge >= 0.3 is 11.7 Å². The summed E-state index contributed by atoms with van der Waals surface area (Å²) in [5.41, 5.74) is 1.29. The van der Waals surface area contributed by atoms with Gasteiger partial charge in [-0.2, -0.15) is 4.31 Å². The van der Waals surface area contributed by atoms with Gasteiger partial charge in [0.25, 0.3) is 0 Å². The molecule has 1 aliphatic heterocycles. The lowest BCUT2D eigenvalue weighted by atomic mass is 9.98. The quantitative estimate of drug-likeness (QED) is 0.524. The summed E-state index contributed by atoms with van der Waals surface area (Å²) in [7, 11) is -3.89. The Labute approximate surface area is 189 Å². The second kappa shape index (κ2) is 9.20. The van der Waals surface area contributed by atoms with Crippen molar-refractivity contribution in [3.63, 3.8) is 0 Å². The third kappa shape index (κ3) is 4.83. The number of nitrogens with zero attached hydrogens (tertiary/aromatic N) is 1. The number of carbonyl (C=O) groups is 2. The molecule has 1 fully saturated rings. The minimum absolute atomic E-state index is 0.0130. The predicted octanol–water partition coefficient (Wildman–Crippen LogP) is 2.34. The number of hydrogen-bond donors (Lipinski definition) is 2. The van der Waals surface area contributed by atoms with E-state index in [9.17, 15) is 22.8 Å². The number of esters is 1. The monoisotopic (exact) mass is 473 g/mol. The molecule has 0 saturated carbocycles. The lowest BCUT2D eigenvalue weighted by Gasteiger charge is -2.31. The number of oxazole rings is 1. The number of anilines is 1. The maximum atomic E-state index is 13.2. The Morgan fingerprint density at radius 1 is 1.24 bits per heavy atom. The highest BCUT2D eigenvalue weighted by atomic mass is 32.2. The van der Waals surface area contributed by atoms with Crippen molar-refractivity contribution < 1.29 is 27.2 Å². The summed E-state index contributed by atoms with van der Waals surface area (Å²) in [5.74, 6) is -2.04. The number of hydrogen-bond acceptors (Lipinski definition) is 7. The number of carbonyl (C=O) groups excluding carboxylic acids is 2. The van der Waals surface area contributed by atoms with Crippen LogP contribution in [0.3, 0.4) is 0 Å². The van der Waals surface area contributed by atoms with Crippen LogP contribution in [0.15, 0.2) is 56.6 Å². The van der Waals surface area contributed by atoms with E-state index >= 15 is 0 Å². The molecule has 0 bridgehead atoms. The molecule has 1 atom stereocenters. The molecule has 2 N–H and O–H groups in total. The fraction of sp³-hybridized carbons (Fsp3) is 0.318. The van der Waals surface area contributed by atoms with Gasteiger partial charge in [0.05, 0.1) is 28.5 Å². The molecule has 4 rings (SSSR count). The number of piperidine rings is 1. The van der Waals surface area contributed by atoms with Crippen LogP contribution in [0.25, 0.3) is 11.1 Å². The molecule has 1 aliphatic rings. The van der Waals surface area contributed by atoms with E-state index in [1.54, 1.807) is 25.1 Å². The van der Waals surface area contributed by atoms with Gasteiger partial charge in [-0.3, -0.25) is 9.78 Å². The number of fused-ring (bicyclic) bond motifs is 1. The number of aromatic nitrogens is 1. The van der Waals surface area contributed by atoms with E-state index in [4.69, 9.17) is 9.15 Å². The number of nitrogens with one attached hydrogen (secondary N) is 2. The first-order chi connectivity index (χ1) is 15.8. The summed E-state index contributed by atoms with van der Waals surface area (Å²) >= 11 is 0. The van der Waals surface area contributed by atoms with Gasteiger partial charge < -0.3 is 14.5 Å². The fourth-order valence-corrected chi connectivity index (χ4v) is 5.33. The van der Waals surface area contributed by atoms with Crippen molar-refractivity contribution >= 4 is 38.7 Å². The molecule has 3 aromatic rings. The average molecular weight is 474 g/mol. The summed E-state index contributed by atoms with van der Waals surface area (Å²) in [5, 5.41) is 2.77. The minimum atomic E-state index is -3.89. The van der Waals surface area contributed by atoms with E-state index in [0.717, 1.165) is 0 Å². The second-order valence-corrected chi connectivity index (χ2v) is 9.60. The number of benzene rings is 2. The van der Waals surface area contributed by atoms with Gasteiger partial charge in [-0.05, 0) is 50.1 Å². The first-order valence-corrected chi connectivity index (χ1v) is 11.9. The van der Waals surface area contributed by atoms with Crippen LogP contribution >= 0.6 is 0 Å². The standard InChI is InChI=1S/C22H23N3O7S/c1-2-31-21(27)14-5-3-7-16(11-14)23-20(26)15-6-4-10-25(13-15)33(29,30)17-8-9-18-19(12-17)32-22(28)24-18/h3,5,7-9,11-12,15H,2,4,6,10,13H2,1H3,(H,23,26)(H,24,28). The van der Waals surface area contributed by atoms with Crippen LogP contribution in [0.5, 0.6) is 0 Å². The van der Waals surface area contributed by atoms with Crippen LogP contribution in [0.2, 0.25) is 0 Å². The Morgan fingerprint density at radius 2 is 2.06 bits per heavy atom. The Hall–Kier alpha value is -3.44. The number of H-pyrrole nitrogens is 1. The summed E-state index contributed by atoms with van der Waals surface area (Å²) in [6.07, 6.45) is 1.04.